The molecule has 12 heteroatoms. The third-order valence-corrected chi connectivity index (χ3v) is 5.80. The summed E-state index contributed by atoms with van der Waals surface area (Å²) in [5.41, 5.74) is 0.240. The minimum Gasteiger partial charge on any atom is -0.422 e. The van der Waals surface area contributed by atoms with Crippen molar-refractivity contribution in [2.45, 2.75) is 4.90 Å². The van der Waals surface area contributed by atoms with Crippen molar-refractivity contribution in [3.63, 3.8) is 0 Å². The van der Waals surface area contributed by atoms with Crippen LogP contribution in [0, 0.1) is 0 Å². The van der Waals surface area contributed by atoms with Gasteiger partial charge in [-0.05, 0) is 42.5 Å². The van der Waals surface area contributed by atoms with Crippen molar-refractivity contribution < 1.29 is 12.8 Å². The number of hydrogen-bond donors (Lipinski definition) is 2. The Morgan fingerprint density at radius 1 is 1.00 bits per heavy atom. The Kier molecular flexibility index (Phi) is 4.73. The van der Waals surface area contributed by atoms with Gasteiger partial charge >= 0.3 is 5.63 Å². The number of aromatic nitrogens is 3. The molecule has 0 fully saturated rings. The van der Waals surface area contributed by atoms with Gasteiger partial charge in [0.1, 0.15) is 5.58 Å². The number of sulfonamides is 1. The van der Waals surface area contributed by atoms with E-state index in [9.17, 15) is 18.0 Å². The van der Waals surface area contributed by atoms with Gasteiger partial charge in [0.2, 0.25) is 10.0 Å². The summed E-state index contributed by atoms with van der Waals surface area (Å²) in [6, 6.07) is 15.7. The highest BCUT2D eigenvalue weighted by Crippen LogP contribution is 2.25. The number of nitrogens with one attached hydrogen (secondary N) is 1. The number of aromatic amines is 1. The van der Waals surface area contributed by atoms with Crippen LogP contribution in [0.5, 0.6) is 0 Å². The maximum Gasteiger partial charge on any atom is 0.345 e. The van der Waals surface area contributed by atoms with Gasteiger partial charge in [0.05, 0.1) is 21.8 Å². The molecule has 0 aliphatic rings. The molecule has 3 N–H and O–H groups in total. The van der Waals surface area contributed by atoms with Crippen molar-refractivity contribution in [3.8, 4) is 11.3 Å². The fourth-order valence-corrected chi connectivity index (χ4v) is 3.83. The second-order valence-electron chi connectivity index (χ2n) is 7.00. The summed E-state index contributed by atoms with van der Waals surface area (Å²) in [6.07, 6.45) is 1.44. The average molecular weight is 462 g/mol. The average Bonchev–Trinajstić information content (AvgIpc) is 3.12. The summed E-state index contributed by atoms with van der Waals surface area (Å²) in [5.74, 6) is 0. The van der Waals surface area contributed by atoms with Gasteiger partial charge in [0.15, 0.2) is 11.3 Å². The Morgan fingerprint density at radius 3 is 2.52 bits per heavy atom. The molecule has 0 aliphatic heterocycles. The predicted octanol–water partition coefficient (Wildman–Crippen LogP) is 2.86. The van der Waals surface area contributed by atoms with Crippen molar-refractivity contribution in [2.75, 3.05) is 0 Å². The molecular weight excluding hydrogens is 448 g/mol. The fourth-order valence-electron chi connectivity index (χ4n) is 3.31. The summed E-state index contributed by atoms with van der Waals surface area (Å²) < 4.78 is 29.5. The smallest absolute Gasteiger partial charge is 0.345 e. The molecule has 2 aromatic carbocycles. The zero-order chi connectivity index (χ0) is 23.2. The van der Waals surface area contributed by atoms with Gasteiger partial charge in [0.25, 0.3) is 5.56 Å². The summed E-state index contributed by atoms with van der Waals surface area (Å²) in [7, 11) is -3.84. The predicted molar refractivity (Wildman–Crippen MR) is 119 cm³/mol. The number of hydrogen-bond acceptors (Lipinski definition) is 8. The number of azo groups is 1. The molecule has 0 aliphatic carbocycles. The molecule has 11 nitrogen and oxygen atoms in total. The number of rotatable bonds is 4. The zero-order valence-corrected chi connectivity index (χ0v) is 17.5. The Morgan fingerprint density at radius 2 is 1.76 bits per heavy atom. The van der Waals surface area contributed by atoms with Crippen LogP contribution in [0.2, 0.25) is 0 Å². The van der Waals surface area contributed by atoms with Gasteiger partial charge in [-0.2, -0.15) is 5.11 Å². The lowest BCUT2D eigenvalue weighted by atomic mass is 10.1. The summed E-state index contributed by atoms with van der Waals surface area (Å²) in [4.78, 5) is 29.3. The van der Waals surface area contributed by atoms with Gasteiger partial charge in [-0.1, -0.05) is 18.2 Å². The third kappa shape index (κ3) is 3.73. The molecule has 0 amide bonds. The van der Waals surface area contributed by atoms with Crippen LogP contribution < -0.4 is 16.3 Å². The Hall–Kier alpha value is -4.42. The van der Waals surface area contributed by atoms with Crippen LogP contribution in [0.15, 0.2) is 96.0 Å². The second-order valence-corrected chi connectivity index (χ2v) is 8.56. The molecule has 0 saturated carbocycles. The van der Waals surface area contributed by atoms with E-state index >= 15 is 0 Å². The maximum atomic E-state index is 12.6. The number of nitrogens with two attached hydrogens (primary N) is 1. The molecule has 5 rings (SSSR count). The summed E-state index contributed by atoms with van der Waals surface area (Å²) >= 11 is 0. The topological polar surface area (TPSA) is 165 Å². The number of fused-ring (bicyclic) bond motifs is 2. The molecule has 0 spiro atoms. The van der Waals surface area contributed by atoms with Gasteiger partial charge in [-0.15, -0.1) is 5.11 Å². The van der Waals surface area contributed by atoms with E-state index in [1.165, 1.54) is 35.0 Å². The molecule has 0 bridgehead atoms. The van der Waals surface area contributed by atoms with E-state index in [4.69, 9.17) is 9.56 Å². The lowest BCUT2D eigenvalue weighted by Crippen LogP contribution is -2.11. The van der Waals surface area contributed by atoms with Gasteiger partial charge in [-0.25, -0.2) is 27.9 Å². The van der Waals surface area contributed by atoms with Crippen LogP contribution in [0.3, 0.4) is 0 Å². The highest BCUT2D eigenvalue weighted by Gasteiger charge is 2.16. The number of benzene rings is 2. The molecular formula is C21H14N6O5S. The third-order valence-electron chi connectivity index (χ3n) is 4.87. The number of primary sulfonamides is 1. The van der Waals surface area contributed by atoms with E-state index in [1.807, 2.05) is 6.07 Å². The van der Waals surface area contributed by atoms with E-state index in [0.29, 0.717) is 17.0 Å². The van der Waals surface area contributed by atoms with Crippen molar-refractivity contribution in [2.24, 2.45) is 15.4 Å². The van der Waals surface area contributed by atoms with Gasteiger partial charge in [0, 0.05) is 11.6 Å². The Balaban J connectivity index is 1.60. The molecule has 0 radical (unpaired) electrons. The fraction of sp³-hybridized carbons (Fsp3) is 0. The van der Waals surface area contributed by atoms with E-state index in [0.717, 1.165) is 5.39 Å². The van der Waals surface area contributed by atoms with E-state index in [-0.39, 0.29) is 21.8 Å². The quantitative estimate of drug-likeness (QED) is 0.308. The van der Waals surface area contributed by atoms with Crippen LogP contribution in [0.4, 0.5) is 11.4 Å². The molecule has 164 valence electrons. The highest BCUT2D eigenvalue weighted by molar-refractivity contribution is 7.89. The van der Waals surface area contributed by atoms with E-state index in [1.54, 1.807) is 30.3 Å². The van der Waals surface area contributed by atoms with Crippen molar-refractivity contribution >= 4 is 38.0 Å². The second kappa shape index (κ2) is 7.62. The van der Waals surface area contributed by atoms with Crippen molar-refractivity contribution in [1.29, 1.82) is 0 Å². The molecule has 0 unspecified atom stereocenters. The Bertz CT molecular complexity index is 1780. The Labute approximate surface area is 184 Å². The van der Waals surface area contributed by atoms with E-state index in [2.05, 4.69) is 20.3 Å². The van der Waals surface area contributed by atoms with E-state index < -0.39 is 21.2 Å². The number of para-hydroxylation sites is 1. The monoisotopic (exact) mass is 462 g/mol. The first-order chi connectivity index (χ1) is 15.8. The first-order valence-electron chi connectivity index (χ1n) is 9.49. The molecule has 33 heavy (non-hydrogen) atoms. The number of nitrogens with zero attached hydrogens (tertiary/aromatic N) is 4. The lowest BCUT2D eigenvalue weighted by molar-refractivity contribution is 0.562. The lowest BCUT2D eigenvalue weighted by Gasteiger charge is -2.05. The minimum absolute atomic E-state index is 0.0749. The van der Waals surface area contributed by atoms with Crippen LogP contribution in [0.1, 0.15) is 0 Å². The summed E-state index contributed by atoms with van der Waals surface area (Å²) in [5, 5.41) is 16.4. The largest absolute Gasteiger partial charge is 0.422 e. The molecule has 0 atom stereocenters. The zero-order valence-electron chi connectivity index (χ0n) is 16.7. The molecule has 3 heterocycles. The normalized spacial score (nSPS) is 12.2. The van der Waals surface area contributed by atoms with Gasteiger partial charge < -0.3 is 4.42 Å². The van der Waals surface area contributed by atoms with Crippen molar-refractivity contribution in [3.05, 3.63) is 87.6 Å². The van der Waals surface area contributed by atoms with Crippen LogP contribution >= 0.6 is 0 Å². The summed E-state index contributed by atoms with van der Waals surface area (Å²) in [6.45, 7) is 0. The van der Waals surface area contributed by atoms with Crippen LogP contribution in [0.25, 0.3) is 27.9 Å². The maximum absolute atomic E-state index is 12.6. The molecule has 0 saturated heterocycles. The first-order valence-corrected chi connectivity index (χ1v) is 11.0. The van der Waals surface area contributed by atoms with Crippen LogP contribution in [-0.2, 0) is 10.0 Å². The molecule has 3 aromatic heterocycles. The molecule has 5 aromatic rings. The SMILES string of the molecule is NS(=O)(=O)c1ccc(N=Nc2c(=O)[nH]n3c(-c4cc5ccccc5oc4=O)ccnc23)cc1. The van der Waals surface area contributed by atoms with Gasteiger partial charge in [-0.3, -0.25) is 9.89 Å². The first kappa shape index (κ1) is 20.5. The van der Waals surface area contributed by atoms with Crippen molar-refractivity contribution in [1.82, 2.24) is 14.6 Å². The highest BCUT2D eigenvalue weighted by atomic mass is 32.2. The standard InChI is InChI=1S/C21H14N6O5S/c22-33(30,31)14-7-5-13(6-8-14)24-25-18-19-23-10-9-16(27(19)26-20(18)28)15-11-12-3-1-2-4-17(12)32-21(15)29/h1-11H,(H,26,28)(H2,22,30,31). The number of H-pyrrole nitrogens is 1. The van der Waals surface area contributed by atoms with Crippen LogP contribution in [-0.4, -0.2) is 23.0 Å². The minimum atomic E-state index is -3.84.